The Labute approximate surface area is 82.5 Å². The molecule has 0 aliphatic rings. The van der Waals surface area contributed by atoms with Gasteiger partial charge >= 0.3 is 0 Å². The van der Waals surface area contributed by atoms with Crippen LogP contribution in [0.2, 0.25) is 0 Å². The molecule has 13 heavy (non-hydrogen) atoms. The fourth-order valence-corrected chi connectivity index (χ4v) is 0.948. The third kappa shape index (κ3) is 3.57. The van der Waals surface area contributed by atoms with Crippen LogP contribution in [0.5, 0.6) is 0 Å². The first-order valence-electron chi connectivity index (χ1n) is 4.16. The SMILES string of the molecule is CCC(Cl)NCc1cc(N)ncn1. The number of alkyl halides is 1. The second-order valence-electron chi connectivity index (χ2n) is 2.69. The Hall–Kier alpha value is -0.870. The molecule has 1 aromatic rings. The molecule has 4 nitrogen and oxygen atoms in total. The summed E-state index contributed by atoms with van der Waals surface area (Å²) in [5.74, 6) is 0.481. The summed E-state index contributed by atoms with van der Waals surface area (Å²) in [5, 5.41) is 3.10. The molecule has 1 heterocycles. The van der Waals surface area contributed by atoms with Gasteiger partial charge in [0.05, 0.1) is 11.2 Å². The van der Waals surface area contributed by atoms with Gasteiger partial charge in [0.25, 0.3) is 0 Å². The summed E-state index contributed by atoms with van der Waals surface area (Å²) in [6.45, 7) is 2.63. The summed E-state index contributed by atoms with van der Waals surface area (Å²) < 4.78 is 0. The van der Waals surface area contributed by atoms with Gasteiger partial charge in [0.15, 0.2) is 0 Å². The van der Waals surface area contributed by atoms with E-state index in [0.29, 0.717) is 12.4 Å². The number of hydrogen-bond acceptors (Lipinski definition) is 4. The number of nitrogen functional groups attached to an aromatic ring is 1. The highest BCUT2D eigenvalue weighted by Crippen LogP contribution is 2.01. The van der Waals surface area contributed by atoms with Crippen molar-refractivity contribution >= 4 is 17.4 Å². The van der Waals surface area contributed by atoms with Crippen molar-refractivity contribution in [1.82, 2.24) is 15.3 Å². The number of anilines is 1. The zero-order chi connectivity index (χ0) is 9.68. The van der Waals surface area contributed by atoms with Gasteiger partial charge in [0, 0.05) is 12.6 Å². The van der Waals surface area contributed by atoms with Crippen molar-refractivity contribution in [3.63, 3.8) is 0 Å². The molecule has 0 spiro atoms. The molecule has 0 saturated carbocycles. The Morgan fingerprint density at radius 2 is 2.38 bits per heavy atom. The Kier molecular flexibility index (Phi) is 3.92. The van der Waals surface area contributed by atoms with Crippen LogP contribution < -0.4 is 11.1 Å². The van der Waals surface area contributed by atoms with Crippen molar-refractivity contribution < 1.29 is 0 Å². The number of nitrogens with one attached hydrogen (secondary N) is 1. The van der Waals surface area contributed by atoms with Gasteiger partial charge in [-0.25, -0.2) is 9.97 Å². The van der Waals surface area contributed by atoms with E-state index in [1.54, 1.807) is 6.07 Å². The molecule has 1 aromatic heterocycles. The van der Waals surface area contributed by atoms with Crippen molar-refractivity contribution in [3.05, 3.63) is 18.1 Å². The number of halogens is 1. The van der Waals surface area contributed by atoms with Gasteiger partial charge in [-0.15, -0.1) is 11.6 Å². The number of hydrogen-bond donors (Lipinski definition) is 2. The number of aromatic nitrogens is 2. The largest absolute Gasteiger partial charge is 0.384 e. The lowest BCUT2D eigenvalue weighted by atomic mass is 10.3. The average molecular weight is 201 g/mol. The predicted octanol–water partition coefficient (Wildman–Crippen LogP) is 1.12. The maximum Gasteiger partial charge on any atom is 0.127 e. The quantitative estimate of drug-likeness (QED) is 0.565. The van der Waals surface area contributed by atoms with E-state index in [-0.39, 0.29) is 5.50 Å². The van der Waals surface area contributed by atoms with Crippen molar-refractivity contribution in [2.75, 3.05) is 5.73 Å². The molecule has 0 saturated heterocycles. The van der Waals surface area contributed by atoms with Gasteiger partial charge in [-0.05, 0) is 6.42 Å². The summed E-state index contributed by atoms with van der Waals surface area (Å²) in [7, 11) is 0. The Balaban J connectivity index is 2.45. The summed E-state index contributed by atoms with van der Waals surface area (Å²) in [5.41, 5.74) is 6.32. The third-order valence-corrected chi connectivity index (χ3v) is 2.07. The fraction of sp³-hybridized carbons (Fsp3) is 0.500. The molecule has 0 fully saturated rings. The minimum absolute atomic E-state index is 0.0174. The van der Waals surface area contributed by atoms with Crippen LogP contribution in [0, 0.1) is 0 Å². The van der Waals surface area contributed by atoms with Crippen LogP contribution in [0.25, 0.3) is 0 Å². The monoisotopic (exact) mass is 200 g/mol. The van der Waals surface area contributed by atoms with E-state index in [4.69, 9.17) is 17.3 Å². The summed E-state index contributed by atoms with van der Waals surface area (Å²) in [6, 6.07) is 1.73. The Morgan fingerprint density at radius 1 is 1.62 bits per heavy atom. The maximum absolute atomic E-state index is 5.87. The van der Waals surface area contributed by atoms with E-state index < -0.39 is 0 Å². The molecule has 0 aliphatic carbocycles. The highest BCUT2D eigenvalue weighted by molar-refractivity contribution is 6.20. The maximum atomic E-state index is 5.87. The molecule has 0 amide bonds. The first-order valence-corrected chi connectivity index (χ1v) is 4.60. The van der Waals surface area contributed by atoms with E-state index in [2.05, 4.69) is 15.3 Å². The summed E-state index contributed by atoms with van der Waals surface area (Å²) in [4.78, 5) is 7.83. The standard InChI is InChI=1S/C8H13ClN4/c1-2-7(9)11-4-6-3-8(10)13-5-12-6/h3,5,7,11H,2,4H2,1H3,(H2,10,12,13). The topological polar surface area (TPSA) is 63.8 Å². The Bertz CT molecular complexity index is 266. The normalized spacial score (nSPS) is 12.8. The van der Waals surface area contributed by atoms with E-state index in [1.165, 1.54) is 6.33 Å². The molecule has 1 unspecified atom stereocenters. The van der Waals surface area contributed by atoms with Crippen molar-refractivity contribution in [2.45, 2.75) is 25.4 Å². The molecule has 3 N–H and O–H groups in total. The van der Waals surface area contributed by atoms with Crippen LogP contribution >= 0.6 is 11.6 Å². The molecule has 1 rings (SSSR count). The van der Waals surface area contributed by atoms with Crippen LogP contribution in [0.1, 0.15) is 19.0 Å². The lowest BCUT2D eigenvalue weighted by Crippen LogP contribution is -2.22. The summed E-state index contributed by atoms with van der Waals surface area (Å²) >= 11 is 5.87. The van der Waals surface area contributed by atoms with Crippen LogP contribution in [-0.4, -0.2) is 15.5 Å². The van der Waals surface area contributed by atoms with Gasteiger partial charge in [0.2, 0.25) is 0 Å². The van der Waals surface area contributed by atoms with Crippen LogP contribution in [0.15, 0.2) is 12.4 Å². The number of rotatable bonds is 4. The zero-order valence-corrected chi connectivity index (χ0v) is 8.25. The van der Waals surface area contributed by atoms with E-state index in [1.807, 2.05) is 6.92 Å². The molecule has 0 bridgehead atoms. The molecular weight excluding hydrogens is 188 g/mol. The first kappa shape index (κ1) is 10.2. The molecule has 72 valence electrons. The van der Waals surface area contributed by atoms with Gasteiger partial charge in [-0.2, -0.15) is 0 Å². The fourth-order valence-electron chi connectivity index (χ4n) is 0.871. The lowest BCUT2D eigenvalue weighted by Gasteiger charge is -2.08. The van der Waals surface area contributed by atoms with Gasteiger partial charge in [-0.1, -0.05) is 6.92 Å². The number of nitrogens with two attached hydrogens (primary N) is 1. The van der Waals surface area contributed by atoms with Crippen molar-refractivity contribution in [3.8, 4) is 0 Å². The molecule has 1 atom stereocenters. The molecule has 0 aromatic carbocycles. The van der Waals surface area contributed by atoms with Gasteiger partial charge in [0.1, 0.15) is 12.1 Å². The lowest BCUT2D eigenvalue weighted by molar-refractivity contribution is 0.616. The Morgan fingerprint density at radius 3 is 3.00 bits per heavy atom. The van der Waals surface area contributed by atoms with Gasteiger partial charge < -0.3 is 5.73 Å². The van der Waals surface area contributed by atoms with Crippen molar-refractivity contribution in [1.29, 1.82) is 0 Å². The predicted molar refractivity (Wildman–Crippen MR) is 53.2 cm³/mol. The second kappa shape index (κ2) is 4.99. The highest BCUT2D eigenvalue weighted by atomic mass is 35.5. The van der Waals surface area contributed by atoms with Crippen LogP contribution in [0.4, 0.5) is 5.82 Å². The van der Waals surface area contributed by atoms with Crippen LogP contribution in [0.3, 0.4) is 0 Å². The van der Waals surface area contributed by atoms with E-state index in [0.717, 1.165) is 12.1 Å². The van der Waals surface area contributed by atoms with E-state index in [9.17, 15) is 0 Å². The first-order chi connectivity index (χ1) is 6.22. The molecule has 5 heteroatoms. The highest BCUT2D eigenvalue weighted by Gasteiger charge is 2.01. The van der Waals surface area contributed by atoms with Crippen molar-refractivity contribution in [2.24, 2.45) is 0 Å². The number of nitrogens with zero attached hydrogens (tertiary/aromatic N) is 2. The second-order valence-corrected chi connectivity index (χ2v) is 3.22. The molecule has 0 aliphatic heterocycles. The molecular formula is C8H13ClN4. The third-order valence-electron chi connectivity index (χ3n) is 1.61. The minimum Gasteiger partial charge on any atom is -0.384 e. The summed E-state index contributed by atoms with van der Waals surface area (Å²) in [6.07, 6.45) is 2.32. The zero-order valence-electron chi connectivity index (χ0n) is 7.50. The van der Waals surface area contributed by atoms with Gasteiger partial charge in [-0.3, -0.25) is 5.32 Å². The van der Waals surface area contributed by atoms with Crippen LogP contribution in [-0.2, 0) is 6.54 Å². The average Bonchev–Trinajstić information content (AvgIpc) is 2.14. The minimum atomic E-state index is -0.0174. The molecule has 0 radical (unpaired) electrons. The smallest absolute Gasteiger partial charge is 0.127 e. The van der Waals surface area contributed by atoms with E-state index >= 15 is 0 Å².